The van der Waals surface area contributed by atoms with E-state index in [1.54, 1.807) is 0 Å². The molecule has 0 aliphatic heterocycles. The first-order chi connectivity index (χ1) is 9.82. The average molecular weight is 312 g/mol. The van der Waals surface area contributed by atoms with Gasteiger partial charge in [0.15, 0.2) is 0 Å². The molecular weight excluding hydrogens is 286 g/mol. The third-order valence-corrected chi connectivity index (χ3v) is 3.45. The number of hydrogen-bond donors (Lipinski definition) is 1. The van der Waals surface area contributed by atoms with E-state index in [2.05, 4.69) is 38.2 Å². The van der Waals surface area contributed by atoms with Crippen molar-refractivity contribution in [2.75, 3.05) is 12.4 Å². The van der Waals surface area contributed by atoms with Gasteiger partial charge in [-0.3, -0.25) is 4.79 Å². The molecule has 21 heavy (non-hydrogen) atoms. The first-order valence-electron chi connectivity index (χ1n) is 7.43. The van der Waals surface area contributed by atoms with Crippen molar-refractivity contribution in [3.63, 3.8) is 0 Å². The maximum absolute atomic E-state index is 11.5. The number of rotatable bonds is 7. The number of carbonyl (C=O) groups excluding carboxylic acids is 1. The number of alkyl halides is 1. The lowest BCUT2D eigenvalue weighted by Crippen LogP contribution is -2.33. The third kappa shape index (κ3) is 6.85. The Balaban J connectivity index is 2.41. The van der Waals surface area contributed by atoms with Crippen LogP contribution in [0, 0.1) is 0 Å². The third-order valence-electron chi connectivity index (χ3n) is 3.18. The highest BCUT2D eigenvalue weighted by atomic mass is 35.5. The van der Waals surface area contributed by atoms with Crippen molar-refractivity contribution in [3.8, 4) is 5.75 Å². The molecule has 118 valence electrons. The summed E-state index contributed by atoms with van der Waals surface area (Å²) >= 11 is 5.56. The van der Waals surface area contributed by atoms with E-state index in [9.17, 15) is 4.79 Å². The van der Waals surface area contributed by atoms with E-state index in [0.29, 0.717) is 25.3 Å². The van der Waals surface area contributed by atoms with E-state index in [-0.39, 0.29) is 17.4 Å². The molecule has 3 nitrogen and oxygen atoms in total. The van der Waals surface area contributed by atoms with E-state index in [1.165, 1.54) is 5.56 Å². The predicted molar refractivity (Wildman–Crippen MR) is 88.2 cm³/mol. The van der Waals surface area contributed by atoms with Crippen LogP contribution in [-0.2, 0) is 10.2 Å². The normalized spacial score (nSPS) is 12.8. The summed E-state index contributed by atoms with van der Waals surface area (Å²) in [5.41, 5.74) is 1.41. The van der Waals surface area contributed by atoms with Gasteiger partial charge in [0.25, 0.3) is 0 Å². The van der Waals surface area contributed by atoms with Gasteiger partial charge in [-0.2, -0.15) is 0 Å². The Hall–Kier alpha value is -1.22. The SMILES string of the molecule is CC(CNC(=O)CCCCl)Oc1ccc(C(C)(C)C)cc1. The van der Waals surface area contributed by atoms with Gasteiger partial charge in [-0.1, -0.05) is 32.9 Å². The van der Waals surface area contributed by atoms with E-state index in [0.717, 1.165) is 5.75 Å². The summed E-state index contributed by atoms with van der Waals surface area (Å²) in [5.74, 6) is 1.36. The van der Waals surface area contributed by atoms with Crippen LogP contribution in [-0.4, -0.2) is 24.4 Å². The van der Waals surface area contributed by atoms with Crippen LogP contribution < -0.4 is 10.1 Å². The van der Waals surface area contributed by atoms with Gasteiger partial charge in [0, 0.05) is 12.3 Å². The number of amides is 1. The van der Waals surface area contributed by atoms with Gasteiger partial charge in [-0.25, -0.2) is 0 Å². The molecule has 0 saturated heterocycles. The fraction of sp³-hybridized carbons (Fsp3) is 0.588. The highest BCUT2D eigenvalue weighted by Gasteiger charge is 2.13. The van der Waals surface area contributed by atoms with Crippen molar-refractivity contribution < 1.29 is 9.53 Å². The Labute approximate surface area is 133 Å². The standard InChI is InChI=1S/C17H26ClNO2/c1-13(12-19-16(20)6-5-11-18)21-15-9-7-14(8-10-15)17(2,3)4/h7-10,13H,5-6,11-12H2,1-4H3,(H,19,20). The van der Waals surface area contributed by atoms with Gasteiger partial charge >= 0.3 is 0 Å². The lowest BCUT2D eigenvalue weighted by Gasteiger charge is -2.20. The lowest BCUT2D eigenvalue weighted by atomic mass is 9.87. The maximum Gasteiger partial charge on any atom is 0.220 e. The Morgan fingerprint density at radius 2 is 1.90 bits per heavy atom. The highest BCUT2D eigenvalue weighted by molar-refractivity contribution is 6.17. The Bertz CT molecular complexity index is 437. The number of nitrogens with one attached hydrogen (secondary N) is 1. The molecule has 1 aromatic rings. The Morgan fingerprint density at radius 3 is 2.43 bits per heavy atom. The van der Waals surface area contributed by atoms with Crippen molar-refractivity contribution >= 4 is 17.5 Å². The second-order valence-electron chi connectivity index (χ2n) is 6.30. The summed E-state index contributed by atoms with van der Waals surface area (Å²) in [7, 11) is 0. The zero-order valence-corrected chi connectivity index (χ0v) is 14.2. The largest absolute Gasteiger partial charge is 0.489 e. The molecule has 0 aliphatic carbocycles. The molecule has 4 heteroatoms. The number of hydrogen-bond acceptors (Lipinski definition) is 2. The van der Waals surface area contributed by atoms with Gasteiger partial charge in [0.05, 0.1) is 6.54 Å². The van der Waals surface area contributed by atoms with Crippen molar-refractivity contribution in [1.82, 2.24) is 5.32 Å². The Kier molecular flexibility index (Phi) is 7.03. The van der Waals surface area contributed by atoms with Crippen LogP contribution in [0.3, 0.4) is 0 Å². The molecule has 1 amide bonds. The van der Waals surface area contributed by atoms with Crippen molar-refractivity contribution in [1.29, 1.82) is 0 Å². The summed E-state index contributed by atoms with van der Waals surface area (Å²) in [4.78, 5) is 11.5. The molecule has 0 aromatic heterocycles. The second kappa shape index (κ2) is 8.28. The zero-order chi connectivity index (χ0) is 15.9. The average Bonchev–Trinajstić information content (AvgIpc) is 2.42. The summed E-state index contributed by atoms with van der Waals surface area (Å²) in [6.45, 7) is 8.99. The topological polar surface area (TPSA) is 38.3 Å². The molecule has 0 saturated carbocycles. The zero-order valence-electron chi connectivity index (χ0n) is 13.4. The fourth-order valence-corrected chi connectivity index (χ4v) is 2.01. The maximum atomic E-state index is 11.5. The molecule has 0 fully saturated rings. The second-order valence-corrected chi connectivity index (χ2v) is 6.68. The molecule has 1 N–H and O–H groups in total. The van der Waals surface area contributed by atoms with Crippen LogP contribution in [0.15, 0.2) is 24.3 Å². The molecule has 0 radical (unpaired) electrons. The number of halogens is 1. The molecule has 1 unspecified atom stereocenters. The monoisotopic (exact) mass is 311 g/mol. The molecule has 0 heterocycles. The summed E-state index contributed by atoms with van der Waals surface area (Å²) in [6, 6.07) is 8.13. The molecule has 1 aromatic carbocycles. The van der Waals surface area contributed by atoms with Gasteiger partial charge in [0.2, 0.25) is 5.91 Å². The molecule has 1 atom stereocenters. The summed E-state index contributed by atoms with van der Waals surface area (Å²) < 4.78 is 5.80. The minimum atomic E-state index is -0.0644. The molecular formula is C17H26ClNO2. The van der Waals surface area contributed by atoms with Crippen molar-refractivity contribution in [2.24, 2.45) is 0 Å². The fourth-order valence-electron chi connectivity index (χ4n) is 1.88. The van der Waals surface area contributed by atoms with E-state index < -0.39 is 0 Å². The van der Waals surface area contributed by atoms with Crippen molar-refractivity contribution in [3.05, 3.63) is 29.8 Å². The smallest absolute Gasteiger partial charge is 0.220 e. The van der Waals surface area contributed by atoms with Crippen LogP contribution in [0.25, 0.3) is 0 Å². The summed E-state index contributed by atoms with van der Waals surface area (Å²) in [6.07, 6.45) is 1.11. The number of benzene rings is 1. The predicted octanol–water partition coefficient (Wildman–Crippen LogP) is 3.89. The van der Waals surface area contributed by atoms with Crippen LogP contribution in [0.5, 0.6) is 5.75 Å². The van der Waals surface area contributed by atoms with Gasteiger partial charge in [-0.15, -0.1) is 11.6 Å². The van der Waals surface area contributed by atoms with Crippen LogP contribution in [0.4, 0.5) is 0 Å². The van der Waals surface area contributed by atoms with Gasteiger partial charge in [-0.05, 0) is 36.5 Å². The number of ether oxygens (including phenoxy) is 1. The number of carbonyl (C=O) groups is 1. The minimum absolute atomic E-state index is 0.0224. The van der Waals surface area contributed by atoms with E-state index in [1.807, 2.05) is 19.1 Å². The molecule has 0 bridgehead atoms. The first-order valence-corrected chi connectivity index (χ1v) is 7.96. The van der Waals surface area contributed by atoms with E-state index in [4.69, 9.17) is 16.3 Å². The van der Waals surface area contributed by atoms with E-state index >= 15 is 0 Å². The first kappa shape index (κ1) is 17.8. The Morgan fingerprint density at radius 1 is 1.29 bits per heavy atom. The van der Waals surface area contributed by atoms with Crippen LogP contribution in [0.1, 0.15) is 46.1 Å². The molecule has 0 spiro atoms. The lowest BCUT2D eigenvalue weighted by molar-refractivity contribution is -0.121. The quantitative estimate of drug-likeness (QED) is 0.776. The molecule has 1 rings (SSSR count). The van der Waals surface area contributed by atoms with Crippen LogP contribution >= 0.6 is 11.6 Å². The minimum Gasteiger partial charge on any atom is -0.489 e. The van der Waals surface area contributed by atoms with Crippen molar-refractivity contribution in [2.45, 2.75) is 52.1 Å². The van der Waals surface area contributed by atoms with Gasteiger partial charge in [0.1, 0.15) is 11.9 Å². The van der Waals surface area contributed by atoms with Crippen LogP contribution in [0.2, 0.25) is 0 Å². The molecule has 0 aliphatic rings. The highest BCUT2D eigenvalue weighted by Crippen LogP contribution is 2.24. The summed E-state index contributed by atoms with van der Waals surface area (Å²) in [5, 5.41) is 2.85. The van der Waals surface area contributed by atoms with Gasteiger partial charge < -0.3 is 10.1 Å².